The summed E-state index contributed by atoms with van der Waals surface area (Å²) in [6, 6.07) is 10.5. The third kappa shape index (κ3) is 2.83. The Balaban J connectivity index is 2.73. The predicted molar refractivity (Wildman–Crippen MR) is 50.7 cm³/mol. The molecule has 0 aliphatic heterocycles. The Labute approximate surface area is 83.2 Å². The normalized spacial score (nSPS) is 10.8. The van der Waals surface area contributed by atoms with Crippen molar-refractivity contribution in [3.63, 3.8) is 0 Å². The van der Waals surface area contributed by atoms with E-state index in [1.165, 1.54) is 24.3 Å². The Morgan fingerprint density at radius 2 is 2.07 bits per heavy atom. The van der Waals surface area contributed by atoms with Crippen LogP contribution in [0.15, 0.2) is 29.2 Å². The second-order valence-electron chi connectivity index (χ2n) is 2.54. The molecule has 5 heteroatoms. The fourth-order valence-corrected chi connectivity index (χ4v) is 1.91. The fraction of sp³-hybridized carbons (Fsp3) is 0.222. The Bertz CT molecular complexity index is 420. The highest BCUT2D eigenvalue weighted by Crippen LogP contribution is 2.06. The van der Waals surface area contributed by atoms with Gasteiger partial charge in [-0.3, -0.25) is 0 Å². The van der Waals surface area contributed by atoms with Crippen molar-refractivity contribution in [2.75, 3.05) is 6.54 Å². The van der Waals surface area contributed by atoms with Crippen LogP contribution in [0.25, 0.3) is 0 Å². The fourth-order valence-electron chi connectivity index (χ4n) is 0.875. The first-order valence-corrected chi connectivity index (χ1v) is 5.48. The van der Waals surface area contributed by atoms with Crippen molar-refractivity contribution in [2.24, 2.45) is 0 Å². The van der Waals surface area contributed by atoms with Crippen LogP contribution >= 0.6 is 0 Å². The van der Waals surface area contributed by atoms with E-state index in [4.69, 9.17) is 5.26 Å². The lowest BCUT2D eigenvalue weighted by molar-refractivity contribution is 0.582. The molecule has 1 aromatic carbocycles. The van der Waals surface area contributed by atoms with Crippen molar-refractivity contribution >= 4 is 10.0 Å². The Morgan fingerprint density at radius 3 is 2.64 bits per heavy atom. The summed E-state index contributed by atoms with van der Waals surface area (Å²) in [5.74, 6) is 0. The van der Waals surface area contributed by atoms with Gasteiger partial charge in [0.05, 0.1) is 11.0 Å². The molecule has 0 unspecified atom stereocenters. The van der Waals surface area contributed by atoms with E-state index in [2.05, 4.69) is 10.8 Å². The Kier molecular flexibility index (Phi) is 3.63. The first-order valence-electron chi connectivity index (χ1n) is 3.99. The summed E-state index contributed by atoms with van der Waals surface area (Å²) in [7, 11) is -3.45. The van der Waals surface area contributed by atoms with E-state index < -0.39 is 10.0 Å². The van der Waals surface area contributed by atoms with Crippen LogP contribution in [0.4, 0.5) is 0 Å². The Morgan fingerprint density at radius 1 is 1.43 bits per heavy atom. The molecule has 0 saturated heterocycles. The van der Waals surface area contributed by atoms with Gasteiger partial charge in [0.15, 0.2) is 0 Å². The molecule has 1 radical (unpaired) electrons. The summed E-state index contributed by atoms with van der Waals surface area (Å²) in [4.78, 5) is 0.189. The molecule has 0 aromatic heterocycles. The molecule has 0 amide bonds. The molecule has 73 valence electrons. The van der Waals surface area contributed by atoms with Gasteiger partial charge in [0.1, 0.15) is 0 Å². The van der Waals surface area contributed by atoms with Crippen molar-refractivity contribution < 1.29 is 8.42 Å². The number of sulfonamides is 1. The van der Waals surface area contributed by atoms with Crippen LogP contribution in [0.2, 0.25) is 0 Å². The predicted octanol–water partition coefficient (Wildman–Crippen LogP) is 0.679. The molecular formula is C9H9N2O2S. The first kappa shape index (κ1) is 10.7. The third-order valence-electron chi connectivity index (χ3n) is 1.53. The summed E-state index contributed by atoms with van der Waals surface area (Å²) in [5.41, 5.74) is 0. The van der Waals surface area contributed by atoms with E-state index in [1.54, 1.807) is 0 Å². The van der Waals surface area contributed by atoms with Gasteiger partial charge >= 0.3 is 0 Å². The largest absolute Gasteiger partial charge is 0.240 e. The summed E-state index contributed by atoms with van der Waals surface area (Å²) < 4.78 is 25.3. The maximum absolute atomic E-state index is 11.5. The molecular weight excluding hydrogens is 200 g/mol. The van der Waals surface area contributed by atoms with E-state index in [1.807, 2.05) is 6.07 Å². The molecule has 1 aromatic rings. The van der Waals surface area contributed by atoms with Gasteiger partial charge in [-0.25, -0.2) is 13.1 Å². The van der Waals surface area contributed by atoms with Gasteiger partial charge in [-0.1, -0.05) is 12.1 Å². The van der Waals surface area contributed by atoms with Gasteiger partial charge in [-0.2, -0.15) is 5.26 Å². The number of rotatable bonds is 4. The van der Waals surface area contributed by atoms with Crippen LogP contribution in [-0.2, 0) is 10.0 Å². The van der Waals surface area contributed by atoms with Gasteiger partial charge < -0.3 is 0 Å². The van der Waals surface area contributed by atoms with Crippen LogP contribution in [0.1, 0.15) is 6.42 Å². The zero-order valence-corrected chi connectivity index (χ0v) is 8.21. The zero-order valence-electron chi connectivity index (χ0n) is 7.40. The molecule has 14 heavy (non-hydrogen) atoms. The summed E-state index contributed by atoms with van der Waals surface area (Å²) in [6.45, 7) is 0.136. The smallest absolute Gasteiger partial charge is 0.210 e. The average Bonchev–Trinajstić information content (AvgIpc) is 2.19. The minimum Gasteiger partial charge on any atom is -0.210 e. The van der Waals surface area contributed by atoms with Crippen molar-refractivity contribution in [1.29, 1.82) is 5.26 Å². The average molecular weight is 209 g/mol. The summed E-state index contributed by atoms with van der Waals surface area (Å²) in [5, 5.41) is 8.24. The molecule has 0 spiro atoms. The number of hydrogen-bond acceptors (Lipinski definition) is 3. The van der Waals surface area contributed by atoms with Gasteiger partial charge in [0, 0.05) is 13.0 Å². The van der Waals surface area contributed by atoms with E-state index in [9.17, 15) is 8.42 Å². The number of benzene rings is 1. The zero-order chi connectivity index (χ0) is 10.4. The lowest BCUT2D eigenvalue weighted by Gasteiger charge is -2.03. The van der Waals surface area contributed by atoms with Crippen molar-refractivity contribution in [1.82, 2.24) is 4.72 Å². The van der Waals surface area contributed by atoms with Crippen molar-refractivity contribution in [3.05, 3.63) is 30.3 Å². The highest BCUT2D eigenvalue weighted by atomic mass is 32.2. The summed E-state index contributed by atoms with van der Waals surface area (Å²) in [6.07, 6.45) is 0.165. The monoisotopic (exact) mass is 209 g/mol. The number of hydrogen-bond donors (Lipinski definition) is 1. The van der Waals surface area contributed by atoms with Crippen LogP contribution < -0.4 is 4.72 Å². The molecule has 0 fully saturated rings. The van der Waals surface area contributed by atoms with Crippen molar-refractivity contribution in [3.8, 4) is 6.07 Å². The first-order chi connectivity index (χ1) is 6.67. The maximum Gasteiger partial charge on any atom is 0.240 e. The molecule has 1 N–H and O–H groups in total. The molecule has 0 aliphatic carbocycles. The molecule has 0 atom stereocenters. The van der Waals surface area contributed by atoms with Crippen LogP contribution in [-0.4, -0.2) is 15.0 Å². The third-order valence-corrected chi connectivity index (χ3v) is 3.00. The van der Waals surface area contributed by atoms with Gasteiger partial charge in [-0.15, -0.1) is 0 Å². The quantitative estimate of drug-likeness (QED) is 0.741. The summed E-state index contributed by atoms with van der Waals surface area (Å²) >= 11 is 0. The highest BCUT2D eigenvalue weighted by Gasteiger charge is 2.11. The standard InChI is InChI=1S/C9H9N2O2S/c10-7-4-8-11-14(12,13)9-5-2-1-3-6-9/h2-3,5-6,11H,4,8H2. The molecule has 0 bridgehead atoms. The highest BCUT2D eigenvalue weighted by molar-refractivity contribution is 7.89. The second-order valence-corrected chi connectivity index (χ2v) is 4.31. The van der Waals surface area contributed by atoms with Crippen molar-refractivity contribution in [2.45, 2.75) is 11.3 Å². The van der Waals surface area contributed by atoms with Gasteiger partial charge in [0.2, 0.25) is 10.0 Å². The second kappa shape index (κ2) is 4.74. The number of nitriles is 1. The minimum absolute atomic E-state index is 0.136. The Hall–Kier alpha value is -1.38. The molecule has 0 aliphatic rings. The molecule has 0 saturated carbocycles. The topological polar surface area (TPSA) is 70.0 Å². The molecule has 1 rings (SSSR count). The molecule has 4 nitrogen and oxygen atoms in total. The van der Waals surface area contributed by atoms with E-state index in [0.29, 0.717) is 0 Å². The van der Waals surface area contributed by atoms with Gasteiger partial charge in [0.25, 0.3) is 0 Å². The SMILES string of the molecule is N#CCCNS(=O)(=O)c1cc[c]cc1. The minimum atomic E-state index is -3.45. The lowest BCUT2D eigenvalue weighted by Crippen LogP contribution is -2.24. The lowest BCUT2D eigenvalue weighted by atomic mass is 10.4. The van der Waals surface area contributed by atoms with E-state index in [-0.39, 0.29) is 17.9 Å². The van der Waals surface area contributed by atoms with E-state index >= 15 is 0 Å². The van der Waals surface area contributed by atoms with Crippen LogP contribution in [0, 0.1) is 17.4 Å². The van der Waals surface area contributed by atoms with E-state index in [0.717, 1.165) is 0 Å². The number of nitrogens with one attached hydrogen (secondary N) is 1. The molecule has 0 heterocycles. The van der Waals surface area contributed by atoms with Gasteiger partial charge in [-0.05, 0) is 18.2 Å². The van der Waals surface area contributed by atoms with Crippen LogP contribution in [0.5, 0.6) is 0 Å². The van der Waals surface area contributed by atoms with Crippen LogP contribution in [0.3, 0.4) is 0 Å². The number of nitrogens with zero attached hydrogens (tertiary/aromatic N) is 1. The maximum atomic E-state index is 11.5.